The van der Waals surface area contributed by atoms with Crippen molar-refractivity contribution in [3.05, 3.63) is 83.9 Å². The van der Waals surface area contributed by atoms with Gasteiger partial charge in [-0.15, -0.1) is 0 Å². The van der Waals surface area contributed by atoms with Gasteiger partial charge in [-0.1, -0.05) is 42.0 Å². The molecule has 0 bridgehead atoms. The van der Waals surface area contributed by atoms with Crippen LogP contribution in [0.15, 0.2) is 77.7 Å². The lowest BCUT2D eigenvalue weighted by molar-refractivity contribution is -0.120. The Morgan fingerprint density at radius 1 is 0.939 bits per heavy atom. The van der Waals surface area contributed by atoms with E-state index in [2.05, 4.69) is 5.32 Å². The van der Waals surface area contributed by atoms with Crippen LogP contribution in [-0.2, 0) is 14.8 Å². The second-order valence-electron chi connectivity index (χ2n) is 7.56. The van der Waals surface area contributed by atoms with Crippen LogP contribution < -0.4 is 19.1 Å². The molecule has 174 valence electrons. The summed E-state index contributed by atoms with van der Waals surface area (Å²) in [7, 11) is -0.855. The van der Waals surface area contributed by atoms with Crippen molar-refractivity contribution in [1.29, 1.82) is 0 Å². The highest BCUT2D eigenvalue weighted by molar-refractivity contribution is 7.92. The molecule has 0 unspecified atom stereocenters. The van der Waals surface area contributed by atoms with Gasteiger partial charge >= 0.3 is 0 Å². The third kappa shape index (κ3) is 5.64. The standard InChI is InChI=1S/C25H28N2O5S/c1-18-10-13-21(14-11-18)27(33(29,30)22-8-6-5-7-9-22)17-25(28)26-19(2)20-12-15-23(31-3)24(16-20)32-4/h5-16,19H,17H2,1-4H3,(H,26,28)/t19-/m1/s1. The normalized spacial score (nSPS) is 12.0. The van der Waals surface area contributed by atoms with Crippen molar-refractivity contribution in [2.24, 2.45) is 0 Å². The maximum absolute atomic E-state index is 13.4. The number of hydrogen-bond acceptors (Lipinski definition) is 5. The molecule has 3 aromatic carbocycles. The average Bonchev–Trinajstić information content (AvgIpc) is 2.83. The largest absolute Gasteiger partial charge is 0.493 e. The Morgan fingerprint density at radius 3 is 2.18 bits per heavy atom. The van der Waals surface area contributed by atoms with Crippen molar-refractivity contribution in [3.63, 3.8) is 0 Å². The van der Waals surface area contributed by atoms with Gasteiger partial charge in [0.25, 0.3) is 10.0 Å². The van der Waals surface area contributed by atoms with Gasteiger partial charge in [-0.2, -0.15) is 0 Å². The molecule has 0 saturated heterocycles. The first-order chi connectivity index (χ1) is 15.8. The van der Waals surface area contributed by atoms with Gasteiger partial charge in [-0.25, -0.2) is 8.42 Å². The SMILES string of the molecule is COc1ccc([C@@H](C)NC(=O)CN(c2ccc(C)cc2)S(=O)(=O)c2ccccc2)cc1OC. The fourth-order valence-corrected chi connectivity index (χ4v) is 4.81. The number of amides is 1. The summed E-state index contributed by atoms with van der Waals surface area (Å²) in [5, 5.41) is 2.88. The van der Waals surface area contributed by atoms with Crippen LogP contribution in [0.5, 0.6) is 11.5 Å². The summed E-state index contributed by atoms with van der Waals surface area (Å²) in [6.45, 7) is 3.37. The first kappa shape index (κ1) is 24.1. The van der Waals surface area contributed by atoms with E-state index in [1.165, 1.54) is 12.1 Å². The fourth-order valence-electron chi connectivity index (χ4n) is 3.37. The first-order valence-corrected chi connectivity index (χ1v) is 11.9. The number of aryl methyl sites for hydroxylation is 1. The molecule has 0 radical (unpaired) electrons. The maximum Gasteiger partial charge on any atom is 0.264 e. The van der Waals surface area contributed by atoms with Crippen molar-refractivity contribution in [3.8, 4) is 11.5 Å². The predicted molar refractivity (Wildman–Crippen MR) is 128 cm³/mol. The molecule has 3 aromatic rings. The zero-order valence-electron chi connectivity index (χ0n) is 19.1. The number of benzene rings is 3. The second kappa shape index (κ2) is 10.4. The summed E-state index contributed by atoms with van der Waals surface area (Å²) in [4.78, 5) is 13.1. The van der Waals surface area contributed by atoms with Crippen LogP contribution >= 0.6 is 0 Å². The summed E-state index contributed by atoms with van der Waals surface area (Å²) in [5.74, 6) is 0.695. The van der Waals surface area contributed by atoms with E-state index >= 15 is 0 Å². The Bertz CT molecular complexity index is 1200. The molecule has 1 amide bonds. The highest BCUT2D eigenvalue weighted by Crippen LogP contribution is 2.30. The van der Waals surface area contributed by atoms with Gasteiger partial charge in [0.15, 0.2) is 11.5 Å². The molecule has 0 aliphatic heterocycles. The second-order valence-corrected chi connectivity index (χ2v) is 9.43. The molecule has 0 aliphatic rings. The van der Waals surface area contributed by atoms with Gasteiger partial charge in [0.2, 0.25) is 5.91 Å². The molecular formula is C25H28N2O5S. The summed E-state index contributed by atoms with van der Waals surface area (Å²) in [6, 6.07) is 20.1. The van der Waals surface area contributed by atoms with Gasteiger partial charge < -0.3 is 14.8 Å². The lowest BCUT2D eigenvalue weighted by atomic mass is 10.1. The predicted octanol–water partition coefficient (Wildman–Crippen LogP) is 4.08. The van der Waals surface area contributed by atoms with Crippen LogP contribution in [0.1, 0.15) is 24.1 Å². The number of nitrogens with zero attached hydrogens (tertiary/aromatic N) is 1. The molecule has 33 heavy (non-hydrogen) atoms. The van der Waals surface area contributed by atoms with Gasteiger partial charge in [-0.05, 0) is 55.8 Å². The summed E-state index contributed by atoms with van der Waals surface area (Å²) < 4.78 is 38.5. The fraction of sp³-hybridized carbons (Fsp3) is 0.240. The minimum atomic E-state index is -3.95. The Labute approximate surface area is 195 Å². The van der Waals surface area contributed by atoms with Crippen LogP contribution in [-0.4, -0.2) is 35.1 Å². The number of ether oxygens (including phenoxy) is 2. The molecule has 8 heteroatoms. The number of methoxy groups -OCH3 is 2. The Morgan fingerprint density at radius 2 is 1.58 bits per heavy atom. The molecule has 0 aromatic heterocycles. The van der Waals surface area contributed by atoms with E-state index in [1.807, 2.05) is 32.0 Å². The molecule has 0 spiro atoms. The third-order valence-corrected chi connectivity index (χ3v) is 7.01. The Hall–Kier alpha value is -3.52. The van der Waals surface area contributed by atoms with Crippen LogP contribution in [0.2, 0.25) is 0 Å². The van der Waals surface area contributed by atoms with Crippen molar-refractivity contribution < 1.29 is 22.7 Å². The number of sulfonamides is 1. The molecule has 0 aliphatic carbocycles. The minimum Gasteiger partial charge on any atom is -0.493 e. The lowest BCUT2D eigenvalue weighted by Gasteiger charge is -2.25. The highest BCUT2D eigenvalue weighted by atomic mass is 32.2. The summed E-state index contributed by atoms with van der Waals surface area (Å²) in [6.07, 6.45) is 0. The molecule has 1 N–H and O–H groups in total. The smallest absolute Gasteiger partial charge is 0.264 e. The Balaban J connectivity index is 1.85. The monoisotopic (exact) mass is 468 g/mol. The molecule has 0 fully saturated rings. The van der Waals surface area contributed by atoms with Crippen LogP contribution in [0, 0.1) is 6.92 Å². The molecule has 0 heterocycles. The van der Waals surface area contributed by atoms with E-state index in [0.29, 0.717) is 17.2 Å². The highest BCUT2D eigenvalue weighted by Gasteiger charge is 2.27. The van der Waals surface area contributed by atoms with Crippen LogP contribution in [0.4, 0.5) is 5.69 Å². The minimum absolute atomic E-state index is 0.117. The summed E-state index contributed by atoms with van der Waals surface area (Å²) >= 11 is 0. The molecule has 7 nitrogen and oxygen atoms in total. The van der Waals surface area contributed by atoms with Gasteiger partial charge in [0.05, 0.1) is 30.8 Å². The molecule has 0 saturated carbocycles. The number of carbonyl (C=O) groups is 1. The van der Waals surface area contributed by atoms with E-state index < -0.39 is 15.9 Å². The third-order valence-electron chi connectivity index (χ3n) is 5.23. The molecular weight excluding hydrogens is 440 g/mol. The maximum atomic E-state index is 13.4. The van der Waals surface area contributed by atoms with Gasteiger partial charge in [0, 0.05) is 0 Å². The zero-order valence-corrected chi connectivity index (χ0v) is 19.9. The molecule has 3 rings (SSSR count). The number of carbonyl (C=O) groups excluding carboxylic acids is 1. The quantitative estimate of drug-likeness (QED) is 0.511. The van der Waals surface area contributed by atoms with Crippen molar-refractivity contribution in [2.45, 2.75) is 24.8 Å². The number of nitrogens with one attached hydrogen (secondary N) is 1. The Kier molecular flexibility index (Phi) is 7.60. The summed E-state index contributed by atoms with van der Waals surface area (Å²) in [5.41, 5.74) is 2.20. The van der Waals surface area contributed by atoms with Crippen molar-refractivity contribution in [1.82, 2.24) is 5.32 Å². The first-order valence-electron chi connectivity index (χ1n) is 10.4. The zero-order chi connectivity index (χ0) is 24.0. The van der Waals surface area contributed by atoms with E-state index in [0.717, 1.165) is 15.4 Å². The topological polar surface area (TPSA) is 84.9 Å². The van der Waals surface area contributed by atoms with Gasteiger partial charge in [-0.3, -0.25) is 9.10 Å². The number of anilines is 1. The molecule has 1 atom stereocenters. The van der Waals surface area contributed by atoms with E-state index in [-0.39, 0.29) is 17.5 Å². The van der Waals surface area contributed by atoms with Crippen LogP contribution in [0.25, 0.3) is 0 Å². The van der Waals surface area contributed by atoms with Gasteiger partial charge in [0.1, 0.15) is 6.54 Å². The van der Waals surface area contributed by atoms with E-state index in [1.54, 1.807) is 56.7 Å². The number of hydrogen-bond donors (Lipinski definition) is 1. The van der Waals surface area contributed by atoms with E-state index in [9.17, 15) is 13.2 Å². The van der Waals surface area contributed by atoms with E-state index in [4.69, 9.17) is 9.47 Å². The van der Waals surface area contributed by atoms with Crippen molar-refractivity contribution in [2.75, 3.05) is 25.1 Å². The average molecular weight is 469 g/mol. The lowest BCUT2D eigenvalue weighted by Crippen LogP contribution is -2.41. The van der Waals surface area contributed by atoms with Crippen molar-refractivity contribution >= 4 is 21.6 Å². The van der Waals surface area contributed by atoms with Crippen LogP contribution in [0.3, 0.4) is 0 Å². The number of rotatable bonds is 9.